The van der Waals surface area contributed by atoms with Crippen LogP contribution in [0.25, 0.3) is 22.3 Å². The van der Waals surface area contributed by atoms with Crippen LogP contribution in [0.2, 0.25) is 0 Å². The number of alkyl halides is 3. The molecule has 4 heterocycles. The maximum Gasteiger partial charge on any atom is 0.411 e. The van der Waals surface area contributed by atoms with Crippen LogP contribution in [0, 0.1) is 0 Å². The molecule has 0 aliphatic heterocycles. The number of fused-ring (bicyclic) bond motifs is 1. The normalized spacial score (nSPS) is 17.4. The molecule has 6 rings (SSSR count). The van der Waals surface area contributed by atoms with Gasteiger partial charge in [-0.25, -0.2) is 19.9 Å². The Morgan fingerprint density at radius 3 is 2.59 bits per heavy atom. The van der Waals surface area contributed by atoms with Gasteiger partial charge in [-0.2, -0.15) is 23.3 Å². The highest BCUT2D eigenvalue weighted by Gasteiger charge is 2.64. The van der Waals surface area contributed by atoms with E-state index in [0.717, 1.165) is 24.2 Å². The monoisotopic (exact) mass is 510 g/mol. The molecule has 10 nitrogen and oxygen atoms in total. The van der Waals surface area contributed by atoms with Gasteiger partial charge in [0.15, 0.2) is 5.82 Å². The quantitative estimate of drug-likeness (QED) is 0.303. The lowest BCUT2D eigenvalue weighted by atomic mass is 10.1. The van der Waals surface area contributed by atoms with Crippen LogP contribution in [-0.2, 0) is 6.54 Å². The van der Waals surface area contributed by atoms with E-state index in [1.807, 2.05) is 19.1 Å². The Bertz CT molecular complexity index is 1400. The Balaban J connectivity index is 1.33. The molecule has 0 radical (unpaired) electrons. The van der Waals surface area contributed by atoms with Gasteiger partial charge in [0.1, 0.15) is 29.5 Å². The first-order chi connectivity index (χ1) is 17.8. The molecule has 2 aliphatic carbocycles. The van der Waals surface area contributed by atoms with Crippen molar-refractivity contribution in [3.05, 3.63) is 43.1 Å². The topological polar surface area (TPSA) is 118 Å². The van der Waals surface area contributed by atoms with Crippen molar-refractivity contribution in [2.45, 2.75) is 63.0 Å². The Kier molecular flexibility index (Phi) is 5.57. The smallest absolute Gasteiger partial charge is 0.367 e. The molecular formula is C24H25F3N10. The van der Waals surface area contributed by atoms with Crippen LogP contribution in [0.5, 0.6) is 0 Å². The summed E-state index contributed by atoms with van der Waals surface area (Å²) in [4.78, 5) is 22.0. The van der Waals surface area contributed by atoms with Crippen molar-refractivity contribution in [1.29, 1.82) is 0 Å². The molecule has 3 N–H and O–H groups in total. The number of nitrogens with one attached hydrogen (secondary N) is 3. The number of hydrogen-bond acceptors (Lipinski definition) is 9. The van der Waals surface area contributed by atoms with E-state index in [-0.39, 0.29) is 36.2 Å². The maximum atomic E-state index is 13.8. The molecule has 2 aliphatic rings. The van der Waals surface area contributed by atoms with Gasteiger partial charge >= 0.3 is 6.18 Å². The second kappa shape index (κ2) is 8.82. The van der Waals surface area contributed by atoms with Gasteiger partial charge in [0, 0.05) is 23.8 Å². The number of aromatic nitrogens is 7. The third kappa shape index (κ3) is 4.98. The second-order valence-corrected chi connectivity index (χ2v) is 9.68. The maximum absolute atomic E-state index is 13.8. The number of hydrogen-bond donors (Lipinski definition) is 3. The molecule has 1 unspecified atom stereocenters. The van der Waals surface area contributed by atoms with Gasteiger partial charge in [-0.1, -0.05) is 0 Å². The first-order valence-corrected chi connectivity index (χ1v) is 12.1. The SMILES string of the molecule is CC(Cn1cncn1)Nc1nc(NC2(C(F)(F)F)CC2)c2nc(-c3ccc(NC4CC4)nc3)ccc2n1. The summed E-state index contributed by atoms with van der Waals surface area (Å²) in [5, 5.41) is 13.2. The standard InChI is InChI=1S/C24H25F3N10/c1-14(11-37-13-28-12-30-37)31-22-34-18-6-5-17(15-2-7-19(29-10-15)32-16-3-4-16)33-20(18)21(35-22)36-23(8-9-23)24(25,26)27/h2,5-7,10,12-14,16H,3-4,8-9,11H2,1H3,(H,29,32)(H2,31,34,35,36). The third-order valence-electron chi connectivity index (χ3n) is 6.48. The van der Waals surface area contributed by atoms with Crippen molar-refractivity contribution >= 4 is 28.6 Å². The van der Waals surface area contributed by atoms with Gasteiger partial charge in [-0.05, 0) is 56.9 Å². The summed E-state index contributed by atoms with van der Waals surface area (Å²) in [5.41, 5.74) is 0.00155. The van der Waals surface area contributed by atoms with Crippen molar-refractivity contribution in [3.63, 3.8) is 0 Å². The molecule has 13 heteroatoms. The van der Waals surface area contributed by atoms with Crippen LogP contribution in [0.4, 0.5) is 30.8 Å². The van der Waals surface area contributed by atoms with Crippen molar-refractivity contribution in [2.24, 2.45) is 0 Å². The predicted molar refractivity (Wildman–Crippen MR) is 132 cm³/mol. The zero-order chi connectivity index (χ0) is 25.6. The van der Waals surface area contributed by atoms with Gasteiger partial charge in [0.2, 0.25) is 5.95 Å². The summed E-state index contributed by atoms with van der Waals surface area (Å²) in [6.45, 7) is 2.38. The Morgan fingerprint density at radius 1 is 1.11 bits per heavy atom. The van der Waals surface area contributed by atoms with Crippen molar-refractivity contribution in [2.75, 3.05) is 16.0 Å². The molecule has 0 saturated heterocycles. The number of rotatable bonds is 9. The minimum Gasteiger partial charge on any atom is -0.367 e. The van der Waals surface area contributed by atoms with Gasteiger partial charge in [0.25, 0.3) is 0 Å². The van der Waals surface area contributed by atoms with E-state index in [4.69, 9.17) is 0 Å². The Morgan fingerprint density at radius 2 is 1.95 bits per heavy atom. The summed E-state index contributed by atoms with van der Waals surface area (Å²) in [7, 11) is 0. The Labute approximate surface area is 210 Å². The van der Waals surface area contributed by atoms with E-state index < -0.39 is 11.7 Å². The molecule has 4 aromatic heterocycles. The summed E-state index contributed by atoms with van der Waals surface area (Å²) in [6.07, 6.45) is 2.54. The molecule has 2 saturated carbocycles. The summed E-state index contributed by atoms with van der Waals surface area (Å²) < 4.78 is 43.1. The Hall–Kier alpha value is -4.03. The molecule has 37 heavy (non-hydrogen) atoms. The number of pyridine rings is 2. The summed E-state index contributed by atoms with van der Waals surface area (Å²) in [6, 6.07) is 7.60. The van der Waals surface area contributed by atoms with E-state index >= 15 is 0 Å². The number of halogens is 3. The zero-order valence-corrected chi connectivity index (χ0v) is 20.0. The largest absolute Gasteiger partial charge is 0.411 e. The molecular weight excluding hydrogens is 485 g/mol. The summed E-state index contributed by atoms with van der Waals surface area (Å²) >= 11 is 0. The van der Waals surface area contributed by atoms with Crippen molar-refractivity contribution in [3.8, 4) is 11.3 Å². The van der Waals surface area contributed by atoms with Crippen LogP contribution in [0.15, 0.2) is 43.1 Å². The van der Waals surface area contributed by atoms with E-state index in [0.29, 0.717) is 23.8 Å². The second-order valence-electron chi connectivity index (χ2n) is 9.68. The molecule has 0 aromatic carbocycles. The van der Waals surface area contributed by atoms with E-state index in [1.165, 1.54) is 6.33 Å². The van der Waals surface area contributed by atoms with Crippen LogP contribution < -0.4 is 16.0 Å². The lowest BCUT2D eigenvalue weighted by molar-refractivity contribution is -0.151. The first kappa shape index (κ1) is 23.4. The third-order valence-corrected chi connectivity index (χ3v) is 6.48. The lowest BCUT2D eigenvalue weighted by Gasteiger charge is -2.22. The van der Waals surface area contributed by atoms with Gasteiger partial charge in [-0.15, -0.1) is 0 Å². The number of nitrogens with zero attached hydrogens (tertiary/aromatic N) is 7. The van der Waals surface area contributed by atoms with Crippen LogP contribution in [0.3, 0.4) is 0 Å². The highest BCUT2D eigenvalue weighted by molar-refractivity contribution is 5.88. The number of anilines is 3. The highest BCUT2D eigenvalue weighted by Crippen LogP contribution is 2.51. The average molecular weight is 511 g/mol. The molecule has 192 valence electrons. The fourth-order valence-corrected chi connectivity index (χ4v) is 4.10. The molecule has 4 aromatic rings. The molecule has 0 spiro atoms. The predicted octanol–water partition coefficient (Wildman–Crippen LogP) is 4.26. The van der Waals surface area contributed by atoms with Crippen LogP contribution >= 0.6 is 0 Å². The van der Waals surface area contributed by atoms with E-state index in [1.54, 1.807) is 29.3 Å². The zero-order valence-electron chi connectivity index (χ0n) is 20.0. The molecule has 1 atom stereocenters. The summed E-state index contributed by atoms with van der Waals surface area (Å²) in [5.74, 6) is 1.03. The van der Waals surface area contributed by atoms with Gasteiger partial charge < -0.3 is 16.0 Å². The lowest BCUT2D eigenvalue weighted by Crippen LogP contribution is -2.39. The van der Waals surface area contributed by atoms with Crippen molar-refractivity contribution < 1.29 is 13.2 Å². The molecule has 0 bridgehead atoms. The van der Waals surface area contributed by atoms with E-state index in [2.05, 4.69) is 46.0 Å². The minimum absolute atomic E-state index is 0.0213. The fourth-order valence-electron chi connectivity index (χ4n) is 4.10. The van der Waals surface area contributed by atoms with Gasteiger partial charge in [0.05, 0.1) is 17.8 Å². The first-order valence-electron chi connectivity index (χ1n) is 12.1. The highest BCUT2D eigenvalue weighted by atomic mass is 19.4. The van der Waals surface area contributed by atoms with E-state index in [9.17, 15) is 13.2 Å². The van der Waals surface area contributed by atoms with Gasteiger partial charge in [-0.3, -0.25) is 4.68 Å². The molecule has 0 amide bonds. The fraction of sp³-hybridized carbons (Fsp3) is 0.417. The van der Waals surface area contributed by atoms with Crippen LogP contribution in [0.1, 0.15) is 32.6 Å². The molecule has 2 fully saturated rings. The van der Waals surface area contributed by atoms with Crippen LogP contribution in [-0.4, -0.2) is 58.5 Å². The van der Waals surface area contributed by atoms with Crippen molar-refractivity contribution in [1.82, 2.24) is 34.7 Å². The average Bonchev–Trinajstić information content (AvgIpc) is 3.78. The minimum atomic E-state index is -4.41.